The lowest BCUT2D eigenvalue weighted by Gasteiger charge is -2.39. The number of nitrogens with zero attached hydrogens (tertiary/aromatic N) is 1. The van der Waals surface area contributed by atoms with Crippen LogP contribution in [0, 0.1) is 0 Å². The van der Waals surface area contributed by atoms with E-state index in [9.17, 15) is 4.79 Å². The number of aliphatic hydroxyl groups is 1. The third-order valence-corrected chi connectivity index (χ3v) is 10.5. The largest absolute Gasteiger partial charge is 0.469 e. The van der Waals surface area contributed by atoms with E-state index in [1.807, 2.05) is 24.3 Å². The second-order valence-electron chi connectivity index (χ2n) is 9.39. The second-order valence-corrected chi connectivity index (χ2v) is 14.1. The summed E-state index contributed by atoms with van der Waals surface area (Å²) < 4.78 is 27.6. The van der Waals surface area contributed by atoms with Gasteiger partial charge in [0, 0.05) is 20.6 Å². The normalized spacial score (nSPS) is 15.8. The molecule has 1 heterocycles. The Hall–Kier alpha value is -1.78. The van der Waals surface area contributed by atoms with E-state index < -0.39 is 8.32 Å². The zero-order valence-electron chi connectivity index (χ0n) is 21.3. The number of allylic oxidation sites excluding steroid dienone is 2. The maximum absolute atomic E-state index is 12.0. The summed E-state index contributed by atoms with van der Waals surface area (Å²) in [5, 5.41) is 9.12. The van der Waals surface area contributed by atoms with E-state index in [0.29, 0.717) is 18.5 Å². The smallest absolute Gasteiger partial charge is 0.308 e. The van der Waals surface area contributed by atoms with Gasteiger partial charge in [-0.15, -0.1) is 0 Å². The minimum atomic E-state index is -2.07. The summed E-state index contributed by atoms with van der Waals surface area (Å²) in [4.78, 5) is 16.2. The van der Waals surface area contributed by atoms with Crippen molar-refractivity contribution in [1.29, 1.82) is 0 Å². The third kappa shape index (κ3) is 9.93. The summed E-state index contributed by atoms with van der Waals surface area (Å²) in [6, 6.07) is 0. The minimum Gasteiger partial charge on any atom is -0.469 e. The van der Waals surface area contributed by atoms with Crippen molar-refractivity contribution in [2.24, 2.45) is 0 Å². The number of oxazole rings is 1. The molecule has 0 aliphatic rings. The molecule has 0 aliphatic heterocycles. The zero-order chi connectivity index (χ0) is 25.1. The third-order valence-electron chi connectivity index (χ3n) is 5.93. The summed E-state index contributed by atoms with van der Waals surface area (Å²) >= 11 is 0. The molecule has 3 atom stereocenters. The van der Waals surface area contributed by atoms with Gasteiger partial charge in [0.1, 0.15) is 24.7 Å². The highest BCUT2D eigenvalue weighted by molar-refractivity contribution is 6.74. The van der Waals surface area contributed by atoms with Crippen LogP contribution < -0.4 is 0 Å². The molecule has 1 aromatic rings. The molecule has 1 aromatic heterocycles. The Bertz CT molecular complexity index is 767. The number of aliphatic hydroxyl groups excluding tert-OH is 1. The van der Waals surface area contributed by atoms with E-state index in [4.69, 9.17) is 28.2 Å². The van der Waals surface area contributed by atoms with Gasteiger partial charge in [-0.1, -0.05) is 45.1 Å². The van der Waals surface area contributed by atoms with Crippen molar-refractivity contribution in [3.05, 3.63) is 42.2 Å². The topological polar surface area (TPSA) is 100 Å². The molecule has 0 amide bonds. The van der Waals surface area contributed by atoms with Gasteiger partial charge in [-0.05, 0) is 24.6 Å². The van der Waals surface area contributed by atoms with Crippen molar-refractivity contribution in [3.8, 4) is 0 Å². The van der Waals surface area contributed by atoms with E-state index in [0.717, 1.165) is 0 Å². The molecule has 0 spiro atoms. The molecular weight excluding hydrogens is 442 g/mol. The first-order valence-electron chi connectivity index (χ1n) is 11.2. The van der Waals surface area contributed by atoms with E-state index in [-0.39, 0.29) is 48.2 Å². The van der Waals surface area contributed by atoms with E-state index in [1.165, 1.54) is 13.4 Å². The number of carbonyl (C=O) groups is 1. The maximum Gasteiger partial charge on any atom is 0.308 e. The molecule has 0 unspecified atom stereocenters. The average molecular weight is 484 g/mol. The zero-order valence-corrected chi connectivity index (χ0v) is 22.3. The van der Waals surface area contributed by atoms with Gasteiger partial charge in [0.15, 0.2) is 8.32 Å². The molecule has 0 fully saturated rings. The number of methoxy groups -OCH3 is 3. The fourth-order valence-electron chi connectivity index (χ4n) is 2.90. The van der Waals surface area contributed by atoms with Crippen LogP contribution in [0.1, 0.15) is 57.7 Å². The van der Waals surface area contributed by atoms with Gasteiger partial charge in [-0.2, -0.15) is 0 Å². The van der Waals surface area contributed by atoms with Crippen molar-refractivity contribution >= 4 is 14.3 Å². The monoisotopic (exact) mass is 483 g/mol. The Labute approximate surface area is 199 Å². The van der Waals surface area contributed by atoms with E-state index in [1.54, 1.807) is 14.2 Å². The molecule has 0 saturated carbocycles. The van der Waals surface area contributed by atoms with Crippen LogP contribution in [0.3, 0.4) is 0 Å². The van der Waals surface area contributed by atoms with Gasteiger partial charge in [-0.3, -0.25) is 4.79 Å². The van der Waals surface area contributed by atoms with Gasteiger partial charge < -0.3 is 28.2 Å². The summed E-state index contributed by atoms with van der Waals surface area (Å²) in [6.07, 6.45) is 9.78. The van der Waals surface area contributed by atoms with Crippen LogP contribution in [0.4, 0.5) is 0 Å². The molecule has 1 N–H and O–H groups in total. The molecule has 33 heavy (non-hydrogen) atoms. The number of carbonyl (C=O) groups excluding carboxylic acids is 1. The molecule has 0 aromatic carbocycles. The Morgan fingerprint density at radius 2 is 1.91 bits per heavy atom. The second kappa shape index (κ2) is 13.8. The van der Waals surface area contributed by atoms with Gasteiger partial charge in [-0.25, -0.2) is 4.98 Å². The standard InChI is InChI=1S/C24H41NO7Si/c1-24(2,3)33(7,8)32-19(15-23(27)30-6)14-18(28-4)12-10-9-11-13-21(29-5)20-17-31-22(16-26)25-20/h9-12,17-19,21,26H,13-16H2,1-8H3/b11-9+,12-10+/t18-,19-,21-/m0/s1. The summed E-state index contributed by atoms with van der Waals surface area (Å²) in [5.74, 6) is -0.0273. The molecule has 0 saturated heterocycles. The molecule has 0 radical (unpaired) electrons. The van der Waals surface area contributed by atoms with Crippen molar-refractivity contribution in [1.82, 2.24) is 4.98 Å². The molecule has 0 bridgehead atoms. The van der Waals surface area contributed by atoms with Crippen LogP contribution in [-0.2, 0) is 30.0 Å². The van der Waals surface area contributed by atoms with Crippen LogP contribution in [0.5, 0.6) is 0 Å². The highest BCUT2D eigenvalue weighted by atomic mass is 28.4. The van der Waals surface area contributed by atoms with Crippen molar-refractivity contribution in [2.75, 3.05) is 21.3 Å². The van der Waals surface area contributed by atoms with Gasteiger partial charge in [0.25, 0.3) is 0 Å². The number of aromatic nitrogens is 1. The van der Waals surface area contributed by atoms with Crippen LogP contribution >= 0.6 is 0 Å². The number of hydrogen-bond acceptors (Lipinski definition) is 8. The fraction of sp³-hybridized carbons (Fsp3) is 0.667. The van der Waals surface area contributed by atoms with Crippen molar-refractivity contribution in [3.63, 3.8) is 0 Å². The minimum absolute atomic E-state index is 0.0299. The Morgan fingerprint density at radius 1 is 1.21 bits per heavy atom. The SMILES string of the molecule is COC(=O)C[C@H](C[C@H](/C=C/C=C/C[C@H](OC)c1coc(CO)n1)OC)O[Si](C)(C)C(C)(C)C. The van der Waals surface area contributed by atoms with Crippen LogP contribution in [0.25, 0.3) is 0 Å². The number of hydrogen-bond donors (Lipinski definition) is 1. The van der Waals surface area contributed by atoms with Crippen LogP contribution in [-0.4, -0.2) is 57.9 Å². The Balaban J connectivity index is 2.76. The predicted octanol–water partition coefficient (Wildman–Crippen LogP) is 4.72. The van der Waals surface area contributed by atoms with Crippen molar-refractivity contribution in [2.45, 2.75) is 83.1 Å². The predicted molar refractivity (Wildman–Crippen MR) is 129 cm³/mol. The average Bonchev–Trinajstić information content (AvgIpc) is 3.23. The van der Waals surface area contributed by atoms with Crippen LogP contribution in [0.15, 0.2) is 35.0 Å². The maximum atomic E-state index is 12.0. The highest BCUT2D eigenvalue weighted by Crippen LogP contribution is 2.38. The fourth-order valence-corrected chi connectivity index (χ4v) is 4.27. The Morgan fingerprint density at radius 3 is 2.42 bits per heavy atom. The molecular formula is C24H41NO7Si. The number of rotatable bonds is 14. The molecule has 0 aliphatic carbocycles. The quantitative estimate of drug-likeness (QED) is 0.231. The summed E-state index contributed by atoms with van der Waals surface area (Å²) in [5.41, 5.74) is 0.637. The van der Waals surface area contributed by atoms with Gasteiger partial charge in [0.2, 0.25) is 5.89 Å². The highest BCUT2D eigenvalue weighted by Gasteiger charge is 2.40. The molecule has 1 rings (SSSR count). The first-order chi connectivity index (χ1) is 15.5. The summed E-state index contributed by atoms with van der Waals surface area (Å²) in [6.45, 7) is 10.6. The van der Waals surface area contributed by atoms with Gasteiger partial charge >= 0.3 is 5.97 Å². The van der Waals surface area contributed by atoms with Crippen LogP contribution in [0.2, 0.25) is 18.1 Å². The lowest BCUT2D eigenvalue weighted by molar-refractivity contribution is -0.142. The number of ether oxygens (including phenoxy) is 3. The first-order valence-corrected chi connectivity index (χ1v) is 14.1. The van der Waals surface area contributed by atoms with E-state index in [2.05, 4.69) is 38.8 Å². The molecule has 9 heteroatoms. The van der Waals surface area contributed by atoms with E-state index >= 15 is 0 Å². The lowest BCUT2D eigenvalue weighted by atomic mass is 10.1. The van der Waals surface area contributed by atoms with Crippen molar-refractivity contribution < 1.29 is 33.0 Å². The molecule has 188 valence electrons. The molecule has 8 nitrogen and oxygen atoms in total. The summed E-state index contributed by atoms with van der Waals surface area (Å²) in [7, 11) is 2.57. The van der Waals surface area contributed by atoms with Gasteiger partial charge in [0.05, 0.1) is 25.7 Å². The first kappa shape index (κ1) is 29.2. The number of esters is 1. The lowest BCUT2D eigenvalue weighted by Crippen LogP contribution is -2.45. The Kier molecular flexibility index (Phi) is 12.2.